The molecule has 0 atom stereocenters. The standard InChI is InChI=1S/C12H12N4O4/c1-20-12-8(3-2-6-13-12)14-10(18)7-16-11(19)5-4-9(17)15-16/h2-6H,7H2,1H3,(H,14,18)(H,15,17). The molecule has 2 aromatic heterocycles. The number of pyridine rings is 1. The first-order valence-corrected chi connectivity index (χ1v) is 5.69. The number of hydrogen-bond acceptors (Lipinski definition) is 5. The largest absolute Gasteiger partial charge is 0.480 e. The molecule has 0 unspecified atom stereocenters. The van der Waals surface area contributed by atoms with Crippen LogP contribution in [0.2, 0.25) is 0 Å². The highest BCUT2D eigenvalue weighted by Gasteiger charge is 2.09. The summed E-state index contributed by atoms with van der Waals surface area (Å²) in [5.41, 5.74) is -0.555. The van der Waals surface area contributed by atoms with Crippen LogP contribution in [0.25, 0.3) is 0 Å². The van der Waals surface area contributed by atoms with Crippen LogP contribution in [0.4, 0.5) is 5.69 Å². The molecule has 0 spiro atoms. The number of anilines is 1. The third kappa shape index (κ3) is 3.10. The lowest BCUT2D eigenvalue weighted by Crippen LogP contribution is -2.32. The van der Waals surface area contributed by atoms with Crippen molar-refractivity contribution in [3.8, 4) is 5.88 Å². The SMILES string of the molecule is COc1ncccc1NC(=O)Cn1[nH]c(=O)ccc1=O. The van der Waals surface area contributed by atoms with E-state index < -0.39 is 17.0 Å². The highest BCUT2D eigenvalue weighted by atomic mass is 16.5. The number of H-pyrrole nitrogens is 1. The smallest absolute Gasteiger partial charge is 0.265 e. The first-order valence-electron chi connectivity index (χ1n) is 5.69. The minimum absolute atomic E-state index is 0.259. The Morgan fingerprint density at radius 2 is 2.20 bits per heavy atom. The van der Waals surface area contributed by atoms with Gasteiger partial charge in [-0.1, -0.05) is 0 Å². The zero-order valence-corrected chi connectivity index (χ0v) is 10.6. The van der Waals surface area contributed by atoms with E-state index in [-0.39, 0.29) is 12.4 Å². The number of aromatic amines is 1. The molecular weight excluding hydrogens is 264 g/mol. The summed E-state index contributed by atoms with van der Waals surface area (Å²) in [7, 11) is 1.43. The van der Waals surface area contributed by atoms with Crippen molar-refractivity contribution < 1.29 is 9.53 Å². The van der Waals surface area contributed by atoms with Gasteiger partial charge in [-0.25, -0.2) is 9.67 Å². The van der Waals surface area contributed by atoms with Gasteiger partial charge in [-0.2, -0.15) is 0 Å². The van der Waals surface area contributed by atoms with Crippen molar-refractivity contribution in [3.05, 3.63) is 51.2 Å². The van der Waals surface area contributed by atoms with Gasteiger partial charge < -0.3 is 10.1 Å². The molecule has 8 nitrogen and oxygen atoms in total. The molecule has 0 aliphatic rings. The van der Waals surface area contributed by atoms with Gasteiger partial charge in [-0.3, -0.25) is 19.5 Å². The zero-order valence-electron chi connectivity index (χ0n) is 10.6. The van der Waals surface area contributed by atoms with Crippen molar-refractivity contribution in [1.29, 1.82) is 0 Å². The Morgan fingerprint density at radius 1 is 1.40 bits per heavy atom. The van der Waals surface area contributed by atoms with Crippen molar-refractivity contribution in [2.75, 3.05) is 12.4 Å². The molecule has 2 N–H and O–H groups in total. The normalized spacial score (nSPS) is 10.1. The van der Waals surface area contributed by atoms with Gasteiger partial charge in [0.25, 0.3) is 11.1 Å². The number of ether oxygens (including phenoxy) is 1. The fourth-order valence-corrected chi connectivity index (χ4v) is 1.56. The molecule has 8 heteroatoms. The summed E-state index contributed by atoms with van der Waals surface area (Å²) < 4.78 is 5.90. The predicted molar refractivity (Wildman–Crippen MR) is 70.7 cm³/mol. The van der Waals surface area contributed by atoms with Crippen molar-refractivity contribution in [2.45, 2.75) is 6.54 Å². The molecule has 2 rings (SSSR count). The van der Waals surface area contributed by atoms with E-state index in [4.69, 9.17) is 4.74 Å². The van der Waals surface area contributed by atoms with Gasteiger partial charge in [0.2, 0.25) is 11.8 Å². The maximum Gasteiger partial charge on any atom is 0.265 e. The first kappa shape index (κ1) is 13.5. The van der Waals surface area contributed by atoms with Crippen molar-refractivity contribution >= 4 is 11.6 Å². The molecule has 2 heterocycles. The van der Waals surface area contributed by atoms with Crippen molar-refractivity contribution in [1.82, 2.24) is 14.8 Å². The van der Waals surface area contributed by atoms with Crippen molar-refractivity contribution in [2.24, 2.45) is 0 Å². The molecule has 0 aliphatic carbocycles. The Hall–Kier alpha value is -2.90. The van der Waals surface area contributed by atoms with E-state index in [9.17, 15) is 14.4 Å². The number of hydrogen-bond donors (Lipinski definition) is 2. The number of carbonyl (C=O) groups excluding carboxylic acids is 1. The van der Waals surface area contributed by atoms with E-state index in [0.717, 1.165) is 16.8 Å². The van der Waals surface area contributed by atoms with E-state index in [1.807, 2.05) is 0 Å². The van der Waals surface area contributed by atoms with Gasteiger partial charge in [0.05, 0.1) is 7.11 Å². The monoisotopic (exact) mass is 276 g/mol. The lowest BCUT2D eigenvalue weighted by Gasteiger charge is -2.09. The fourth-order valence-electron chi connectivity index (χ4n) is 1.56. The van der Waals surface area contributed by atoms with Crippen LogP contribution in [0.15, 0.2) is 40.1 Å². The molecule has 2 aromatic rings. The number of aromatic nitrogens is 3. The predicted octanol–water partition coefficient (Wildman–Crippen LogP) is -0.421. The van der Waals surface area contributed by atoms with Crippen molar-refractivity contribution in [3.63, 3.8) is 0 Å². The number of rotatable bonds is 4. The average Bonchev–Trinajstić information content (AvgIpc) is 2.43. The van der Waals surface area contributed by atoms with Crippen LogP contribution in [0.3, 0.4) is 0 Å². The maximum absolute atomic E-state index is 11.8. The highest BCUT2D eigenvalue weighted by molar-refractivity contribution is 5.91. The summed E-state index contributed by atoms with van der Waals surface area (Å²) in [5.74, 6) is -0.227. The summed E-state index contributed by atoms with van der Waals surface area (Å²) in [6, 6.07) is 5.44. The van der Waals surface area contributed by atoms with Gasteiger partial charge in [-0.05, 0) is 12.1 Å². The summed E-state index contributed by atoms with van der Waals surface area (Å²) in [4.78, 5) is 38.3. The van der Waals surface area contributed by atoms with Crippen LogP contribution in [0.5, 0.6) is 5.88 Å². The lowest BCUT2D eigenvalue weighted by atomic mass is 10.4. The third-order valence-corrected chi connectivity index (χ3v) is 2.43. The number of amides is 1. The van der Waals surface area contributed by atoms with E-state index in [1.54, 1.807) is 12.1 Å². The van der Waals surface area contributed by atoms with Crippen LogP contribution in [-0.2, 0) is 11.3 Å². The molecule has 104 valence electrons. The second kappa shape index (κ2) is 5.83. The number of methoxy groups -OCH3 is 1. The second-order valence-corrected chi connectivity index (χ2v) is 3.84. The summed E-state index contributed by atoms with van der Waals surface area (Å²) in [6.45, 7) is -0.313. The van der Waals surface area contributed by atoms with Gasteiger partial charge in [0.15, 0.2) is 0 Å². The topological polar surface area (TPSA) is 106 Å². The number of nitrogens with one attached hydrogen (secondary N) is 2. The molecule has 0 aromatic carbocycles. The van der Waals surface area contributed by atoms with Crippen LogP contribution in [-0.4, -0.2) is 27.8 Å². The minimum Gasteiger partial charge on any atom is -0.480 e. The quantitative estimate of drug-likeness (QED) is 0.788. The molecule has 0 saturated carbocycles. The molecule has 0 radical (unpaired) electrons. The minimum atomic E-state index is -0.486. The Balaban J connectivity index is 2.15. The average molecular weight is 276 g/mol. The zero-order chi connectivity index (χ0) is 14.5. The second-order valence-electron chi connectivity index (χ2n) is 3.84. The third-order valence-electron chi connectivity index (χ3n) is 2.43. The number of carbonyl (C=O) groups is 1. The summed E-state index contributed by atoms with van der Waals surface area (Å²) >= 11 is 0. The first-order chi connectivity index (χ1) is 9.60. The lowest BCUT2D eigenvalue weighted by molar-refractivity contribution is -0.117. The van der Waals surface area contributed by atoms with E-state index in [0.29, 0.717) is 5.69 Å². The molecule has 0 bridgehead atoms. The van der Waals surface area contributed by atoms with Crippen LogP contribution < -0.4 is 21.2 Å². The summed E-state index contributed by atoms with van der Waals surface area (Å²) in [5, 5.41) is 4.81. The van der Waals surface area contributed by atoms with Crippen LogP contribution in [0, 0.1) is 0 Å². The summed E-state index contributed by atoms with van der Waals surface area (Å²) in [6.07, 6.45) is 1.52. The van der Waals surface area contributed by atoms with Gasteiger partial charge in [0, 0.05) is 18.3 Å². The fraction of sp³-hybridized carbons (Fsp3) is 0.167. The van der Waals surface area contributed by atoms with Crippen LogP contribution >= 0.6 is 0 Å². The van der Waals surface area contributed by atoms with E-state index >= 15 is 0 Å². The van der Waals surface area contributed by atoms with Gasteiger partial charge in [-0.15, -0.1) is 0 Å². The molecule has 20 heavy (non-hydrogen) atoms. The van der Waals surface area contributed by atoms with Crippen LogP contribution in [0.1, 0.15) is 0 Å². The van der Waals surface area contributed by atoms with Gasteiger partial charge >= 0.3 is 0 Å². The maximum atomic E-state index is 11.8. The molecule has 0 aliphatic heterocycles. The molecular formula is C12H12N4O4. The van der Waals surface area contributed by atoms with Gasteiger partial charge in [0.1, 0.15) is 12.2 Å². The highest BCUT2D eigenvalue weighted by Crippen LogP contribution is 2.19. The Morgan fingerprint density at radius 3 is 2.95 bits per heavy atom. The molecule has 1 amide bonds. The molecule has 0 fully saturated rings. The Labute approximate surface area is 113 Å². The van der Waals surface area contributed by atoms with E-state index in [1.165, 1.54) is 13.3 Å². The number of nitrogens with zero attached hydrogens (tertiary/aromatic N) is 2. The van der Waals surface area contributed by atoms with E-state index in [2.05, 4.69) is 15.4 Å². The Kier molecular flexibility index (Phi) is 3.94. The Bertz CT molecular complexity index is 734. The molecule has 0 saturated heterocycles.